The molecule has 2 amide bonds. The summed E-state index contributed by atoms with van der Waals surface area (Å²) in [5, 5.41) is 8.02. The van der Waals surface area contributed by atoms with E-state index in [2.05, 4.69) is 43.8 Å². The topological polar surface area (TPSA) is 105 Å². The molecule has 0 aliphatic rings. The molecule has 0 fully saturated rings. The van der Waals surface area contributed by atoms with E-state index in [1.807, 2.05) is 6.92 Å². The van der Waals surface area contributed by atoms with Crippen LogP contribution in [-0.4, -0.2) is 35.6 Å². The maximum absolute atomic E-state index is 12.1. The summed E-state index contributed by atoms with van der Waals surface area (Å²) < 4.78 is 4.59. The highest BCUT2D eigenvalue weighted by atomic mass is 16.5. The Balaban J connectivity index is 2.87. The number of ether oxygens (including phenoxy) is 1. The number of aromatic nitrogens is 2. The van der Waals surface area contributed by atoms with E-state index in [-0.39, 0.29) is 11.5 Å². The van der Waals surface area contributed by atoms with Crippen LogP contribution in [0, 0.1) is 0 Å². The summed E-state index contributed by atoms with van der Waals surface area (Å²) in [5.41, 5.74) is 0.864. The maximum atomic E-state index is 12.1. The number of amides is 2. The fourth-order valence-electron chi connectivity index (χ4n) is 1.58. The number of allylic oxidation sites excluding steroid dienone is 2. The maximum Gasteiger partial charge on any atom is 0.360 e. The summed E-state index contributed by atoms with van der Waals surface area (Å²) in [6.07, 6.45) is 5.77. The van der Waals surface area contributed by atoms with Crippen molar-refractivity contribution in [2.24, 2.45) is 0 Å². The third-order valence-corrected chi connectivity index (χ3v) is 2.56. The Kier molecular flexibility index (Phi) is 6.99. The van der Waals surface area contributed by atoms with E-state index in [9.17, 15) is 9.59 Å². The van der Waals surface area contributed by atoms with Gasteiger partial charge >= 0.3 is 12.0 Å². The molecule has 0 spiro atoms. The first-order valence-electron chi connectivity index (χ1n) is 6.76. The molecule has 3 N–H and O–H groups in total. The van der Waals surface area contributed by atoms with Crippen LogP contribution in [0.25, 0.3) is 0 Å². The monoisotopic (exact) mass is 317 g/mol. The van der Waals surface area contributed by atoms with E-state index >= 15 is 0 Å². The molecular formula is C15H19N5O3. The normalized spacial score (nSPS) is 10.4. The molecule has 122 valence electrons. The number of nitrogens with zero attached hydrogens (tertiary/aromatic N) is 2. The third-order valence-electron chi connectivity index (χ3n) is 2.56. The van der Waals surface area contributed by atoms with Gasteiger partial charge in [-0.3, -0.25) is 5.32 Å². The van der Waals surface area contributed by atoms with Gasteiger partial charge in [0.15, 0.2) is 11.5 Å². The van der Waals surface area contributed by atoms with Crippen molar-refractivity contribution in [3.05, 3.63) is 54.8 Å². The van der Waals surface area contributed by atoms with Gasteiger partial charge in [0.2, 0.25) is 0 Å². The van der Waals surface area contributed by atoms with Gasteiger partial charge in [-0.25, -0.2) is 19.6 Å². The lowest BCUT2D eigenvalue weighted by Crippen LogP contribution is -2.32. The lowest BCUT2D eigenvalue weighted by Gasteiger charge is -2.14. The van der Waals surface area contributed by atoms with Crippen molar-refractivity contribution in [3.8, 4) is 0 Å². The molecule has 0 aromatic carbocycles. The molecule has 0 aliphatic carbocycles. The molecule has 8 heteroatoms. The van der Waals surface area contributed by atoms with E-state index in [1.54, 1.807) is 6.08 Å². The van der Waals surface area contributed by atoms with Gasteiger partial charge in [0.25, 0.3) is 0 Å². The lowest BCUT2D eigenvalue weighted by molar-refractivity contribution is 0.0595. The minimum absolute atomic E-state index is 0.0103. The van der Waals surface area contributed by atoms with Gasteiger partial charge in [0.05, 0.1) is 18.5 Å². The Morgan fingerprint density at radius 3 is 2.65 bits per heavy atom. The molecule has 8 nitrogen and oxygen atoms in total. The highest BCUT2D eigenvalue weighted by molar-refractivity contribution is 5.98. The summed E-state index contributed by atoms with van der Waals surface area (Å²) in [5.74, 6) is -0.712. The Bertz CT molecular complexity index is 640. The van der Waals surface area contributed by atoms with Crippen LogP contribution in [0.5, 0.6) is 0 Å². The summed E-state index contributed by atoms with van der Waals surface area (Å²) in [6, 6.07) is -0.609. The van der Waals surface area contributed by atoms with E-state index in [1.165, 1.54) is 25.6 Å². The predicted molar refractivity (Wildman–Crippen MR) is 86.6 cm³/mol. The van der Waals surface area contributed by atoms with Gasteiger partial charge < -0.3 is 15.4 Å². The van der Waals surface area contributed by atoms with Gasteiger partial charge in [-0.2, -0.15) is 0 Å². The molecule has 0 atom stereocenters. The number of rotatable bonds is 7. The number of hydrogen-bond donors (Lipinski definition) is 3. The highest BCUT2D eigenvalue weighted by Crippen LogP contribution is 2.10. The molecule has 1 rings (SSSR count). The minimum atomic E-state index is -0.702. The molecule has 0 unspecified atom stereocenters. The molecule has 0 bridgehead atoms. The second-order valence-electron chi connectivity index (χ2n) is 4.15. The molecular weight excluding hydrogens is 298 g/mol. The van der Waals surface area contributed by atoms with Crippen molar-refractivity contribution in [3.63, 3.8) is 0 Å². The quantitative estimate of drug-likeness (QED) is 0.521. The van der Waals surface area contributed by atoms with Gasteiger partial charge in [-0.15, -0.1) is 0 Å². The van der Waals surface area contributed by atoms with E-state index in [4.69, 9.17) is 0 Å². The van der Waals surface area contributed by atoms with Crippen molar-refractivity contribution in [2.75, 3.05) is 19.0 Å². The van der Waals surface area contributed by atoms with Crippen LogP contribution in [0.15, 0.2) is 49.1 Å². The SMILES string of the molecule is C=C/C=C(/NC(=O)Nc1nccnc1C(=O)OC)C(=C)NCC. The number of likely N-dealkylation sites (N-methyl/N-ethyl adjacent to an activating group) is 1. The number of esters is 1. The van der Waals surface area contributed by atoms with Crippen LogP contribution in [0.3, 0.4) is 0 Å². The number of carbonyl (C=O) groups excluding carboxylic acids is 2. The summed E-state index contributed by atoms with van der Waals surface area (Å²) in [7, 11) is 1.21. The first-order chi connectivity index (χ1) is 11.0. The zero-order chi connectivity index (χ0) is 17.2. The fourth-order valence-corrected chi connectivity index (χ4v) is 1.58. The Morgan fingerprint density at radius 2 is 2.04 bits per heavy atom. The number of urea groups is 1. The van der Waals surface area contributed by atoms with Crippen LogP contribution in [0.2, 0.25) is 0 Å². The third kappa shape index (κ3) is 5.27. The molecule has 0 saturated heterocycles. The number of anilines is 1. The van der Waals surface area contributed by atoms with Crippen molar-refractivity contribution < 1.29 is 14.3 Å². The van der Waals surface area contributed by atoms with Gasteiger partial charge in [0, 0.05) is 18.9 Å². The fraction of sp³-hybridized carbons (Fsp3) is 0.200. The van der Waals surface area contributed by atoms with Crippen LogP contribution in [0.1, 0.15) is 17.4 Å². The molecule has 1 heterocycles. The standard InChI is InChI=1S/C15H19N5O3/c1-5-7-11(10(3)16-6-2)19-15(22)20-13-12(14(21)23-4)17-8-9-18-13/h5,7-9,16H,1,3,6H2,2,4H3,(H2,18,19,20,22)/b11-7+. The van der Waals surface area contributed by atoms with Crippen molar-refractivity contribution >= 4 is 17.8 Å². The van der Waals surface area contributed by atoms with Gasteiger partial charge in [0.1, 0.15) is 0 Å². The lowest BCUT2D eigenvalue weighted by atomic mass is 10.3. The van der Waals surface area contributed by atoms with Crippen LogP contribution in [-0.2, 0) is 4.74 Å². The number of methoxy groups -OCH3 is 1. The second-order valence-corrected chi connectivity index (χ2v) is 4.15. The summed E-state index contributed by atoms with van der Waals surface area (Å²) in [4.78, 5) is 31.4. The molecule has 0 radical (unpaired) electrons. The first-order valence-corrected chi connectivity index (χ1v) is 6.76. The molecule has 23 heavy (non-hydrogen) atoms. The van der Waals surface area contributed by atoms with Crippen LogP contribution < -0.4 is 16.0 Å². The van der Waals surface area contributed by atoms with Crippen molar-refractivity contribution in [1.82, 2.24) is 20.6 Å². The van der Waals surface area contributed by atoms with Crippen molar-refractivity contribution in [2.45, 2.75) is 6.92 Å². The van der Waals surface area contributed by atoms with Gasteiger partial charge in [-0.05, 0) is 13.0 Å². The molecule has 0 aliphatic heterocycles. The van der Waals surface area contributed by atoms with E-state index < -0.39 is 12.0 Å². The summed E-state index contributed by atoms with van der Waals surface area (Å²) >= 11 is 0. The Morgan fingerprint density at radius 1 is 1.35 bits per heavy atom. The first kappa shape index (κ1) is 17.9. The largest absolute Gasteiger partial charge is 0.464 e. The van der Waals surface area contributed by atoms with Gasteiger partial charge in [-0.1, -0.05) is 19.2 Å². The number of nitrogens with one attached hydrogen (secondary N) is 3. The molecule has 1 aromatic heterocycles. The zero-order valence-corrected chi connectivity index (χ0v) is 13.0. The van der Waals surface area contributed by atoms with E-state index in [0.717, 1.165) is 0 Å². The van der Waals surface area contributed by atoms with Crippen LogP contribution >= 0.6 is 0 Å². The smallest absolute Gasteiger partial charge is 0.360 e. The highest BCUT2D eigenvalue weighted by Gasteiger charge is 2.17. The minimum Gasteiger partial charge on any atom is -0.464 e. The number of carbonyl (C=O) groups is 2. The van der Waals surface area contributed by atoms with Crippen LogP contribution in [0.4, 0.5) is 10.6 Å². The second kappa shape index (κ2) is 8.98. The molecule has 1 aromatic rings. The average Bonchev–Trinajstić information content (AvgIpc) is 2.54. The number of hydrogen-bond acceptors (Lipinski definition) is 6. The predicted octanol–water partition coefficient (Wildman–Crippen LogP) is 1.58. The zero-order valence-electron chi connectivity index (χ0n) is 13.0. The molecule has 0 saturated carbocycles. The Hall–Kier alpha value is -3.16. The summed E-state index contributed by atoms with van der Waals surface area (Å²) in [6.45, 7) is 9.94. The van der Waals surface area contributed by atoms with Crippen molar-refractivity contribution in [1.29, 1.82) is 0 Å². The average molecular weight is 317 g/mol. The Labute approximate surface area is 134 Å². The van der Waals surface area contributed by atoms with E-state index in [0.29, 0.717) is 17.9 Å².